The number of rotatable bonds is 10. The number of guanidine groups is 1. The minimum Gasteiger partial charge on any atom is -0.394 e. The number of nitrogens with two attached hydrogens (primary N) is 3. The number of likely N-dealkylation sites (N-methyl/N-ethyl adjacent to an activating group) is 1. The lowest BCUT2D eigenvalue weighted by molar-refractivity contribution is -0.314. The van der Waals surface area contributed by atoms with E-state index in [4.69, 9.17) is 36.1 Å². The average molecular weight is 605 g/mol. The monoisotopic (exact) mass is 604 g/mol. The highest BCUT2D eigenvalue weighted by molar-refractivity contribution is 5.85. The van der Waals surface area contributed by atoms with Gasteiger partial charge in [-0.2, -0.15) is 0 Å². The van der Waals surface area contributed by atoms with Crippen LogP contribution in [0.25, 0.3) is 0 Å². The average Bonchev–Trinajstić information content (AvgIpc) is 3.13. The maximum absolute atomic E-state index is 12.1. The molecule has 40 heavy (non-hydrogen) atoms. The third kappa shape index (κ3) is 6.51. The Labute approximate surface area is 235 Å². The summed E-state index contributed by atoms with van der Waals surface area (Å²) in [5.41, 5.74) is 14.2. The second-order valence-corrected chi connectivity index (χ2v) is 9.78. The van der Waals surface area contributed by atoms with Crippen LogP contribution in [-0.4, -0.2) is 160 Å². The lowest BCUT2D eigenvalue weighted by Crippen LogP contribution is -2.69. The molecule has 2 saturated heterocycles. The summed E-state index contributed by atoms with van der Waals surface area (Å²) in [4.78, 5) is 16.0. The SMILES string of the molecule is CN[C@@H]1[C@H](O[C@H]2[C@@H](O[C@H]3[C@H](O)[C@@H](O)[C@H](NCN)[C@@H](O)[C@@H]3N=C(N)N)O[C@@H](C)[C@]2(O)C=O)O[C@@H](CO)[C@H](O)[C@H]1O.Cl. The molecule has 15 atom stereocenters. The van der Waals surface area contributed by atoms with Gasteiger partial charge >= 0.3 is 0 Å². The highest BCUT2D eigenvalue weighted by Gasteiger charge is 2.60. The third-order valence-corrected chi connectivity index (χ3v) is 7.43. The Morgan fingerprint density at radius 1 is 1.00 bits per heavy atom. The summed E-state index contributed by atoms with van der Waals surface area (Å²) in [6, 6.07) is -3.64. The van der Waals surface area contributed by atoms with E-state index < -0.39 is 104 Å². The topological polar surface area (TPSA) is 310 Å². The lowest BCUT2D eigenvalue weighted by atomic mass is 9.81. The molecule has 2 aliphatic heterocycles. The van der Waals surface area contributed by atoms with Crippen LogP contribution in [0.4, 0.5) is 0 Å². The van der Waals surface area contributed by atoms with E-state index in [1.165, 1.54) is 14.0 Å². The maximum atomic E-state index is 12.1. The van der Waals surface area contributed by atoms with Gasteiger partial charge in [0.25, 0.3) is 0 Å². The Balaban J connectivity index is 0.00000560. The second kappa shape index (κ2) is 14.2. The van der Waals surface area contributed by atoms with E-state index in [1.807, 2.05) is 0 Å². The number of carbonyl (C=O) groups is 1. The fourth-order valence-corrected chi connectivity index (χ4v) is 5.15. The molecule has 0 aromatic rings. The Kier molecular flexibility index (Phi) is 12.4. The van der Waals surface area contributed by atoms with Crippen molar-refractivity contribution >= 4 is 24.7 Å². The molecule has 234 valence electrons. The first-order valence-electron chi connectivity index (χ1n) is 12.4. The van der Waals surface area contributed by atoms with Crippen LogP contribution < -0.4 is 27.8 Å². The molecule has 0 amide bonds. The highest BCUT2D eigenvalue weighted by atomic mass is 35.5. The molecule has 18 nitrogen and oxygen atoms in total. The number of nitrogens with zero attached hydrogens (tertiary/aromatic N) is 1. The first kappa shape index (κ1) is 34.9. The van der Waals surface area contributed by atoms with Crippen LogP contribution in [0.5, 0.6) is 0 Å². The van der Waals surface area contributed by atoms with E-state index in [-0.39, 0.29) is 25.4 Å². The zero-order chi connectivity index (χ0) is 29.2. The number of halogens is 1. The van der Waals surface area contributed by atoms with Gasteiger partial charge in [-0.15, -0.1) is 12.4 Å². The number of aldehydes is 1. The molecule has 2 heterocycles. The van der Waals surface area contributed by atoms with Crippen molar-refractivity contribution in [2.45, 2.75) is 98.2 Å². The van der Waals surface area contributed by atoms with Crippen LogP contribution >= 0.6 is 12.4 Å². The summed E-state index contributed by atoms with van der Waals surface area (Å²) in [7, 11) is 1.43. The molecule has 0 aromatic carbocycles. The molecule has 3 aliphatic rings. The molecule has 0 spiro atoms. The quantitative estimate of drug-likeness (QED) is 0.0476. The van der Waals surface area contributed by atoms with Crippen molar-refractivity contribution in [1.29, 1.82) is 0 Å². The van der Waals surface area contributed by atoms with E-state index in [1.54, 1.807) is 0 Å². The number of nitrogens with one attached hydrogen (secondary N) is 2. The summed E-state index contributed by atoms with van der Waals surface area (Å²) in [5.74, 6) is -0.476. The molecule has 15 N–H and O–H groups in total. The first-order chi connectivity index (χ1) is 18.4. The summed E-state index contributed by atoms with van der Waals surface area (Å²) in [6.45, 7) is 0.489. The van der Waals surface area contributed by atoms with Crippen molar-refractivity contribution in [2.24, 2.45) is 22.2 Å². The zero-order valence-electron chi connectivity index (χ0n) is 21.8. The van der Waals surface area contributed by atoms with Gasteiger partial charge in [0.2, 0.25) is 0 Å². The summed E-state index contributed by atoms with van der Waals surface area (Å²) in [5, 5.41) is 79.2. The Hall–Kier alpha value is -1.33. The van der Waals surface area contributed by atoms with E-state index in [9.17, 15) is 40.5 Å². The van der Waals surface area contributed by atoms with E-state index in [0.717, 1.165) is 0 Å². The second-order valence-electron chi connectivity index (χ2n) is 9.78. The maximum Gasteiger partial charge on any atom is 0.188 e. The van der Waals surface area contributed by atoms with E-state index in [2.05, 4.69) is 15.6 Å². The van der Waals surface area contributed by atoms with Crippen molar-refractivity contribution < 1.29 is 59.5 Å². The van der Waals surface area contributed by atoms with Gasteiger partial charge in [-0.1, -0.05) is 0 Å². The van der Waals surface area contributed by atoms with Crippen LogP contribution in [-0.2, 0) is 23.7 Å². The summed E-state index contributed by atoms with van der Waals surface area (Å²) < 4.78 is 23.0. The normalized spacial score (nSPS) is 47.4. The van der Waals surface area contributed by atoms with Gasteiger partial charge < -0.3 is 77.2 Å². The molecular weight excluding hydrogens is 564 g/mol. The number of aliphatic imine (C=N–C) groups is 1. The summed E-state index contributed by atoms with van der Waals surface area (Å²) in [6.07, 6.45) is -16.6. The van der Waals surface area contributed by atoms with Crippen molar-refractivity contribution in [3.05, 3.63) is 0 Å². The molecule has 3 rings (SSSR count). The van der Waals surface area contributed by atoms with E-state index >= 15 is 0 Å². The smallest absolute Gasteiger partial charge is 0.188 e. The molecular formula is C21H41ClN6O12. The van der Waals surface area contributed by atoms with Gasteiger partial charge in [0, 0.05) is 6.67 Å². The number of aliphatic hydroxyl groups excluding tert-OH is 6. The van der Waals surface area contributed by atoms with Gasteiger partial charge in [0.05, 0.1) is 30.9 Å². The number of carbonyl (C=O) groups excluding carboxylic acids is 1. The summed E-state index contributed by atoms with van der Waals surface area (Å²) >= 11 is 0. The minimum atomic E-state index is -2.35. The molecule has 0 bridgehead atoms. The molecule has 1 saturated carbocycles. The zero-order valence-corrected chi connectivity index (χ0v) is 22.7. The van der Waals surface area contributed by atoms with Crippen molar-refractivity contribution in [3.63, 3.8) is 0 Å². The van der Waals surface area contributed by atoms with Crippen molar-refractivity contribution in [3.8, 4) is 0 Å². The predicted molar refractivity (Wildman–Crippen MR) is 137 cm³/mol. The van der Waals surface area contributed by atoms with Crippen LogP contribution in [0.2, 0.25) is 0 Å². The van der Waals surface area contributed by atoms with Gasteiger partial charge in [-0.3, -0.25) is 10.1 Å². The Morgan fingerprint density at radius 3 is 2.15 bits per heavy atom. The van der Waals surface area contributed by atoms with Crippen LogP contribution in [0, 0.1) is 0 Å². The Morgan fingerprint density at radius 2 is 1.62 bits per heavy atom. The highest BCUT2D eigenvalue weighted by Crippen LogP contribution is 2.38. The molecule has 0 unspecified atom stereocenters. The number of ether oxygens (including phenoxy) is 4. The lowest BCUT2D eigenvalue weighted by Gasteiger charge is -2.46. The van der Waals surface area contributed by atoms with Gasteiger partial charge in [-0.25, -0.2) is 4.99 Å². The third-order valence-electron chi connectivity index (χ3n) is 7.43. The fraction of sp³-hybridized carbons (Fsp3) is 0.905. The standard InChI is InChI=1S/C21H40N6O12.ClH/c1-6-21(35,4-29)17(39-18-10(25-2)14(33)11(30)7(3-28)37-18)19(36-6)38-16-9(27-20(23)24)12(31)8(26-5-22)13(32)15(16)34;/h4,6-19,25-26,28,30-35H,3,5,22H2,1-2H3,(H4,23,24,27);1H/t6-,7-,8+,9-,10-,11-,12+,13-,14-,15+,16+,17-,18-,19+,21+;/m0./s1. The van der Waals surface area contributed by atoms with Crippen molar-refractivity contribution in [2.75, 3.05) is 20.3 Å². The molecule has 0 aromatic heterocycles. The number of aliphatic hydroxyl groups is 7. The largest absolute Gasteiger partial charge is 0.394 e. The number of hydrogen-bond acceptors (Lipinski definition) is 16. The first-order valence-corrected chi connectivity index (χ1v) is 12.4. The van der Waals surface area contributed by atoms with Gasteiger partial charge in [-0.05, 0) is 14.0 Å². The molecule has 0 radical (unpaired) electrons. The van der Waals surface area contributed by atoms with E-state index in [0.29, 0.717) is 0 Å². The van der Waals surface area contributed by atoms with Gasteiger partial charge in [0.1, 0.15) is 48.8 Å². The van der Waals surface area contributed by atoms with Crippen molar-refractivity contribution in [1.82, 2.24) is 10.6 Å². The predicted octanol–water partition coefficient (Wildman–Crippen LogP) is -7.51. The fourth-order valence-electron chi connectivity index (χ4n) is 5.15. The van der Waals surface area contributed by atoms with Crippen LogP contribution in [0.1, 0.15) is 6.92 Å². The van der Waals surface area contributed by atoms with Crippen LogP contribution in [0.15, 0.2) is 4.99 Å². The Bertz CT molecular complexity index is 863. The molecule has 3 fully saturated rings. The minimum absolute atomic E-state index is 0. The molecule has 19 heteroatoms. The molecule has 1 aliphatic carbocycles. The van der Waals surface area contributed by atoms with Gasteiger partial charge in [0.15, 0.2) is 30.4 Å². The van der Waals surface area contributed by atoms with Crippen LogP contribution in [0.3, 0.4) is 0 Å². The number of hydrogen-bond donors (Lipinski definition) is 12.